The van der Waals surface area contributed by atoms with E-state index < -0.39 is 10.2 Å². The van der Waals surface area contributed by atoms with Gasteiger partial charge in [0.1, 0.15) is 0 Å². The maximum Gasteiger partial charge on any atom is 0.281 e. The summed E-state index contributed by atoms with van der Waals surface area (Å²) in [5.41, 5.74) is 2.00. The van der Waals surface area contributed by atoms with Gasteiger partial charge in [0.25, 0.3) is 10.2 Å². The fraction of sp³-hybridized carbons (Fsp3) is 0.462. The molecule has 3 rings (SSSR count). The molecule has 6 nitrogen and oxygen atoms in total. The van der Waals surface area contributed by atoms with Gasteiger partial charge in [-0.3, -0.25) is 0 Å². The van der Waals surface area contributed by atoms with Gasteiger partial charge in [0.15, 0.2) is 0 Å². The monoisotopic (exact) mass is 294 g/mol. The van der Waals surface area contributed by atoms with Gasteiger partial charge in [-0.25, -0.2) is 4.98 Å². The van der Waals surface area contributed by atoms with E-state index in [1.165, 1.54) is 8.61 Å². The normalized spacial score (nSPS) is 21.1. The van der Waals surface area contributed by atoms with Gasteiger partial charge in [-0.2, -0.15) is 17.0 Å². The summed E-state index contributed by atoms with van der Waals surface area (Å²) >= 11 is 0. The predicted molar refractivity (Wildman–Crippen MR) is 77.6 cm³/mol. The van der Waals surface area contributed by atoms with Crippen LogP contribution in [0, 0.1) is 0 Å². The molecule has 1 saturated heterocycles. The van der Waals surface area contributed by atoms with Crippen LogP contribution in [0.5, 0.6) is 0 Å². The van der Waals surface area contributed by atoms with Gasteiger partial charge in [-0.1, -0.05) is 12.1 Å². The van der Waals surface area contributed by atoms with Crippen LogP contribution in [0.4, 0.5) is 0 Å². The molecule has 0 aliphatic carbocycles. The van der Waals surface area contributed by atoms with Crippen molar-refractivity contribution in [2.75, 3.05) is 27.2 Å². The van der Waals surface area contributed by atoms with Crippen molar-refractivity contribution in [1.82, 2.24) is 18.2 Å². The topological polar surface area (TPSA) is 58.4 Å². The van der Waals surface area contributed by atoms with E-state index in [-0.39, 0.29) is 6.04 Å². The van der Waals surface area contributed by atoms with E-state index in [0.29, 0.717) is 13.1 Å². The lowest BCUT2D eigenvalue weighted by Crippen LogP contribution is -2.38. The zero-order valence-electron chi connectivity index (χ0n) is 11.6. The number of rotatable bonds is 3. The van der Waals surface area contributed by atoms with Crippen LogP contribution < -0.4 is 0 Å². The molecule has 1 aromatic heterocycles. The molecule has 2 heterocycles. The average Bonchev–Trinajstić information content (AvgIpc) is 3.04. The highest BCUT2D eigenvalue weighted by Crippen LogP contribution is 2.27. The minimum Gasteiger partial charge on any atom is -0.326 e. The molecule has 0 amide bonds. The van der Waals surface area contributed by atoms with Crippen LogP contribution in [0.3, 0.4) is 0 Å². The predicted octanol–water partition coefficient (Wildman–Crippen LogP) is 1.09. The van der Waals surface area contributed by atoms with Crippen molar-refractivity contribution in [3.8, 4) is 0 Å². The maximum atomic E-state index is 12.1. The van der Waals surface area contributed by atoms with E-state index in [0.717, 1.165) is 17.5 Å². The SMILES string of the molecule is CN(C)S(=O)(=O)N1CC[C@@H](n2cnc3ccccc32)C1. The van der Waals surface area contributed by atoms with Crippen LogP contribution in [-0.4, -0.2) is 53.8 Å². The summed E-state index contributed by atoms with van der Waals surface area (Å²) < 4.78 is 29.2. The second kappa shape index (κ2) is 4.83. The number of hydrogen-bond donors (Lipinski definition) is 0. The molecule has 1 atom stereocenters. The third-order valence-electron chi connectivity index (χ3n) is 3.79. The molecular formula is C13H18N4O2S. The third kappa shape index (κ3) is 2.11. The molecule has 0 unspecified atom stereocenters. The van der Waals surface area contributed by atoms with Gasteiger partial charge < -0.3 is 4.57 Å². The summed E-state index contributed by atoms with van der Waals surface area (Å²) in [6.45, 7) is 1.05. The Labute approximate surface area is 118 Å². The lowest BCUT2D eigenvalue weighted by atomic mass is 10.2. The Morgan fingerprint density at radius 3 is 2.80 bits per heavy atom. The third-order valence-corrected chi connectivity index (χ3v) is 5.70. The van der Waals surface area contributed by atoms with Crippen molar-refractivity contribution < 1.29 is 8.42 Å². The second-order valence-corrected chi connectivity index (χ2v) is 7.37. The first kappa shape index (κ1) is 13.5. The molecule has 1 aliphatic heterocycles. The lowest BCUT2D eigenvalue weighted by molar-refractivity contribution is 0.409. The molecule has 20 heavy (non-hydrogen) atoms. The quantitative estimate of drug-likeness (QED) is 0.851. The van der Waals surface area contributed by atoms with E-state index >= 15 is 0 Å². The van der Waals surface area contributed by atoms with E-state index in [9.17, 15) is 8.42 Å². The van der Waals surface area contributed by atoms with Crippen molar-refractivity contribution in [1.29, 1.82) is 0 Å². The number of nitrogens with zero attached hydrogens (tertiary/aromatic N) is 4. The number of hydrogen-bond acceptors (Lipinski definition) is 3. The Balaban J connectivity index is 1.88. The zero-order chi connectivity index (χ0) is 14.3. The Morgan fingerprint density at radius 2 is 2.05 bits per heavy atom. The fourth-order valence-electron chi connectivity index (χ4n) is 2.65. The molecule has 0 N–H and O–H groups in total. The van der Waals surface area contributed by atoms with Crippen molar-refractivity contribution >= 4 is 21.2 Å². The Bertz CT molecular complexity index is 723. The molecular weight excluding hydrogens is 276 g/mol. The number of para-hydroxylation sites is 2. The van der Waals surface area contributed by atoms with E-state index in [1.807, 2.05) is 24.3 Å². The first-order valence-electron chi connectivity index (χ1n) is 6.59. The van der Waals surface area contributed by atoms with Gasteiger partial charge in [-0.15, -0.1) is 0 Å². The average molecular weight is 294 g/mol. The van der Waals surface area contributed by atoms with E-state index in [2.05, 4.69) is 9.55 Å². The van der Waals surface area contributed by atoms with Crippen molar-refractivity contribution in [3.63, 3.8) is 0 Å². The minimum atomic E-state index is -3.32. The number of fused-ring (bicyclic) bond motifs is 1. The minimum absolute atomic E-state index is 0.150. The standard InChI is InChI=1S/C13H18N4O2S/c1-15(2)20(18,19)16-8-7-11(9-16)17-10-14-12-5-3-4-6-13(12)17/h3-6,10-11H,7-9H2,1-2H3/t11-/m1/s1. The van der Waals surface area contributed by atoms with Crippen molar-refractivity contribution in [2.24, 2.45) is 0 Å². The van der Waals surface area contributed by atoms with Crippen molar-refractivity contribution in [3.05, 3.63) is 30.6 Å². The highest BCUT2D eigenvalue weighted by atomic mass is 32.2. The summed E-state index contributed by atoms with van der Waals surface area (Å²) in [6.07, 6.45) is 2.62. The smallest absolute Gasteiger partial charge is 0.281 e. The summed E-state index contributed by atoms with van der Waals surface area (Å²) in [4.78, 5) is 4.37. The number of aromatic nitrogens is 2. The zero-order valence-corrected chi connectivity index (χ0v) is 12.4. The molecule has 0 radical (unpaired) electrons. The summed E-state index contributed by atoms with van der Waals surface area (Å²) in [6, 6.07) is 8.07. The maximum absolute atomic E-state index is 12.1. The number of benzene rings is 1. The van der Waals surface area contributed by atoms with Crippen LogP contribution in [0.1, 0.15) is 12.5 Å². The molecule has 1 aliphatic rings. The highest BCUT2D eigenvalue weighted by molar-refractivity contribution is 7.86. The van der Waals surface area contributed by atoms with Gasteiger partial charge in [0, 0.05) is 27.2 Å². The number of imidazole rings is 1. The van der Waals surface area contributed by atoms with Crippen LogP contribution in [0.15, 0.2) is 30.6 Å². The lowest BCUT2D eigenvalue weighted by Gasteiger charge is -2.21. The van der Waals surface area contributed by atoms with Gasteiger partial charge in [0.2, 0.25) is 0 Å². The molecule has 0 saturated carbocycles. The summed E-state index contributed by atoms with van der Waals surface area (Å²) in [5.74, 6) is 0. The molecule has 0 spiro atoms. The van der Waals surface area contributed by atoms with Crippen LogP contribution in [-0.2, 0) is 10.2 Å². The molecule has 1 fully saturated rings. The summed E-state index contributed by atoms with van der Waals surface area (Å²) in [7, 11) is -0.191. The molecule has 0 bridgehead atoms. The van der Waals surface area contributed by atoms with E-state index in [1.54, 1.807) is 20.4 Å². The van der Waals surface area contributed by atoms with Gasteiger partial charge >= 0.3 is 0 Å². The molecule has 1 aromatic carbocycles. The Hall–Kier alpha value is -1.44. The summed E-state index contributed by atoms with van der Waals surface area (Å²) in [5, 5.41) is 0. The second-order valence-electron chi connectivity index (χ2n) is 5.23. The first-order valence-corrected chi connectivity index (χ1v) is 7.99. The first-order chi connectivity index (χ1) is 9.50. The molecule has 108 valence electrons. The van der Waals surface area contributed by atoms with E-state index in [4.69, 9.17) is 0 Å². The van der Waals surface area contributed by atoms with Crippen molar-refractivity contribution in [2.45, 2.75) is 12.5 Å². The highest BCUT2D eigenvalue weighted by Gasteiger charge is 2.33. The Morgan fingerprint density at radius 1 is 1.30 bits per heavy atom. The van der Waals surface area contributed by atoms with Crippen LogP contribution in [0.2, 0.25) is 0 Å². The largest absolute Gasteiger partial charge is 0.326 e. The molecule has 2 aromatic rings. The van der Waals surface area contributed by atoms with Gasteiger partial charge in [-0.05, 0) is 18.6 Å². The van der Waals surface area contributed by atoms with Gasteiger partial charge in [0.05, 0.1) is 23.4 Å². The van der Waals surface area contributed by atoms with Crippen LogP contribution in [0.25, 0.3) is 11.0 Å². The Kier molecular flexibility index (Phi) is 3.27. The van der Waals surface area contributed by atoms with Crippen LogP contribution >= 0.6 is 0 Å². The molecule has 7 heteroatoms. The fourth-order valence-corrected chi connectivity index (χ4v) is 3.81.